The smallest absolute Gasteiger partial charge is 0.0408 e. The molecule has 2 heteroatoms. The topological polar surface area (TPSA) is 12.0 Å². The van der Waals surface area contributed by atoms with Gasteiger partial charge in [-0.3, -0.25) is 0 Å². The molecule has 20 heavy (non-hydrogen) atoms. The van der Waals surface area contributed by atoms with Gasteiger partial charge in [-0.15, -0.1) is 0 Å². The van der Waals surface area contributed by atoms with Gasteiger partial charge in [0.1, 0.15) is 0 Å². The molecule has 0 bridgehead atoms. The monoisotopic (exact) mass is 293 g/mol. The van der Waals surface area contributed by atoms with Gasteiger partial charge in [-0.05, 0) is 55.8 Å². The Morgan fingerprint density at radius 2 is 1.95 bits per heavy atom. The molecule has 1 aromatic rings. The van der Waals surface area contributed by atoms with E-state index in [1.54, 1.807) is 0 Å². The fourth-order valence-corrected chi connectivity index (χ4v) is 3.58. The highest BCUT2D eigenvalue weighted by Crippen LogP contribution is 2.27. The van der Waals surface area contributed by atoms with Crippen LogP contribution in [-0.2, 0) is 6.42 Å². The number of rotatable bonds is 6. The summed E-state index contributed by atoms with van der Waals surface area (Å²) in [5, 5.41) is 4.65. The number of hydrogen-bond acceptors (Lipinski definition) is 1. The third-order valence-corrected chi connectivity index (χ3v) is 4.71. The zero-order valence-electron chi connectivity index (χ0n) is 12.7. The lowest BCUT2D eigenvalue weighted by Crippen LogP contribution is -2.38. The number of nitrogens with one attached hydrogen (secondary N) is 1. The summed E-state index contributed by atoms with van der Waals surface area (Å²) in [4.78, 5) is 0. The van der Waals surface area contributed by atoms with E-state index in [1.807, 2.05) is 6.07 Å². The second kappa shape index (κ2) is 8.69. The molecule has 1 N–H and O–H groups in total. The second-order valence-electron chi connectivity index (χ2n) is 6.15. The third kappa shape index (κ3) is 5.10. The summed E-state index contributed by atoms with van der Waals surface area (Å²) in [7, 11) is 0. The fraction of sp³-hybridized carbons (Fsp3) is 0.667. The Balaban J connectivity index is 2.01. The molecule has 1 aromatic carbocycles. The average Bonchev–Trinajstić information content (AvgIpc) is 2.72. The Morgan fingerprint density at radius 3 is 2.60 bits per heavy atom. The Kier molecular flexibility index (Phi) is 6.89. The predicted octanol–water partition coefficient (Wildman–Crippen LogP) is 5.22. The maximum absolute atomic E-state index is 6.12. The van der Waals surface area contributed by atoms with Crippen LogP contribution in [0.4, 0.5) is 0 Å². The van der Waals surface area contributed by atoms with Crippen molar-refractivity contribution >= 4 is 11.6 Å². The molecule has 0 radical (unpaired) electrons. The first kappa shape index (κ1) is 15.9. The van der Waals surface area contributed by atoms with Crippen LogP contribution in [0.2, 0.25) is 5.02 Å². The van der Waals surface area contributed by atoms with Gasteiger partial charge < -0.3 is 5.32 Å². The third-order valence-electron chi connectivity index (χ3n) is 4.47. The summed E-state index contributed by atoms with van der Waals surface area (Å²) in [5.41, 5.74) is 1.37. The summed E-state index contributed by atoms with van der Waals surface area (Å²) in [6.07, 6.45) is 10.8. The van der Waals surface area contributed by atoms with Crippen molar-refractivity contribution in [3.63, 3.8) is 0 Å². The highest BCUT2D eigenvalue weighted by molar-refractivity contribution is 6.30. The van der Waals surface area contributed by atoms with Gasteiger partial charge in [-0.1, -0.05) is 56.3 Å². The zero-order valence-corrected chi connectivity index (χ0v) is 13.5. The van der Waals surface area contributed by atoms with Crippen molar-refractivity contribution in [2.24, 2.45) is 5.92 Å². The summed E-state index contributed by atoms with van der Waals surface area (Å²) < 4.78 is 0. The molecule has 112 valence electrons. The normalized spacial score (nSPS) is 18.7. The van der Waals surface area contributed by atoms with Crippen molar-refractivity contribution in [1.82, 2.24) is 5.32 Å². The summed E-state index contributed by atoms with van der Waals surface area (Å²) in [5.74, 6) is 0.836. The van der Waals surface area contributed by atoms with Crippen molar-refractivity contribution < 1.29 is 0 Å². The minimum Gasteiger partial charge on any atom is -0.313 e. The van der Waals surface area contributed by atoms with Crippen LogP contribution >= 0.6 is 11.6 Å². The molecule has 2 rings (SSSR count). The van der Waals surface area contributed by atoms with Gasteiger partial charge in [0.15, 0.2) is 0 Å². The molecule has 0 aliphatic heterocycles. The van der Waals surface area contributed by atoms with Crippen LogP contribution in [0.5, 0.6) is 0 Å². The second-order valence-corrected chi connectivity index (χ2v) is 6.58. The molecule has 0 saturated heterocycles. The van der Waals surface area contributed by atoms with E-state index in [2.05, 4.69) is 30.4 Å². The van der Waals surface area contributed by atoms with Crippen molar-refractivity contribution in [3.05, 3.63) is 34.9 Å². The lowest BCUT2D eigenvalue weighted by atomic mass is 9.87. The molecule has 0 spiro atoms. The summed E-state index contributed by atoms with van der Waals surface area (Å²) >= 11 is 6.12. The molecule has 0 amide bonds. The zero-order chi connectivity index (χ0) is 14.2. The SMILES string of the molecule is CCCNC(Cc1cccc(Cl)c1)C1CCCCCC1. The lowest BCUT2D eigenvalue weighted by Gasteiger charge is -2.27. The van der Waals surface area contributed by atoms with E-state index < -0.39 is 0 Å². The Labute approximate surface area is 129 Å². The predicted molar refractivity (Wildman–Crippen MR) is 88.4 cm³/mol. The van der Waals surface area contributed by atoms with Crippen molar-refractivity contribution in [2.75, 3.05) is 6.54 Å². The number of benzene rings is 1. The average molecular weight is 294 g/mol. The maximum Gasteiger partial charge on any atom is 0.0408 e. The molecule has 1 unspecified atom stereocenters. The Bertz CT molecular complexity index is 383. The fourth-order valence-electron chi connectivity index (χ4n) is 3.37. The van der Waals surface area contributed by atoms with Crippen LogP contribution in [0, 0.1) is 5.92 Å². The van der Waals surface area contributed by atoms with Gasteiger partial charge >= 0.3 is 0 Å². The highest BCUT2D eigenvalue weighted by Gasteiger charge is 2.22. The van der Waals surface area contributed by atoms with Gasteiger partial charge in [-0.25, -0.2) is 0 Å². The molecule has 1 atom stereocenters. The summed E-state index contributed by atoms with van der Waals surface area (Å²) in [6, 6.07) is 8.99. The molecule has 1 fully saturated rings. The van der Waals surface area contributed by atoms with Crippen molar-refractivity contribution in [1.29, 1.82) is 0 Å². The van der Waals surface area contributed by atoms with Crippen LogP contribution in [0.1, 0.15) is 57.4 Å². The standard InChI is InChI=1S/C18H28ClN/c1-2-12-20-18(16-9-5-3-4-6-10-16)14-15-8-7-11-17(19)13-15/h7-8,11,13,16,18,20H,2-6,9-10,12,14H2,1H3. The molecule has 1 saturated carbocycles. The first-order chi connectivity index (χ1) is 9.79. The number of halogens is 1. The Morgan fingerprint density at radius 1 is 1.20 bits per heavy atom. The van der Waals surface area contributed by atoms with Crippen LogP contribution in [0.3, 0.4) is 0 Å². The molecular formula is C18H28ClN. The summed E-state index contributed by atoms with van der Waals surface area (Å²) in [6.45, 7) is 3.37. The van der Waals surface area contributed by atoms with Gasteiger partial charge in [-0.2, -0.15) is 0 Å². The van der Waals surface area contributed by atoms with Gasteiger partial charge in [0.25, 0.3) is 0 Å². The van der Waals surface area contributed by atoms with E-state index in [-0.39, 0.29) is 0 Å². The highest BCUT2D eigenvalue weighted by atomic mass is 35.5. The molecule has 0 heterocycles. The van der Waals surface area contributed by atoms with Gasteiger partial charge in [0.2, 0.25) is 0 Å². The first-order valence-electron chi connectivity index (χ1n) is 8.27. The minimum absolute atomic E-state index is 0.617. The van der Waals surface area contributed by atoms with E-state index in [0.29, 0.717) is 6.04 Å². The van der Waals surface area contributed by atoms with E-state index >= 15 is 0 Å². The molecule has 1 nitrogen and oxygen atoms in total. The van der Waals surface area contributed by atoms with Crippen LogP contribution in [0.25, 0.3) is 0 Å². The van der Waals surface area contributed by atoms with E-state index in [4.69, 9.17) is 11.6 Å². The molecular weight excluding hydrogens is 266 g/mol. The van der Waals surface area contributed by atoms with Crippen LogP contribution in [0.15, 0.2) is 24.3 Å². The van der Waals surface area contributed by atoms with E-state index in [9.17, 15) is 0 Å². The molecule has 0 aromatic heterocycles. The molecule has 1 aliphatic rings. The van der Waals surface area contributed by atoms with Crippen LogP contribution in [-0.4, -0.2) is 12.6 Å². The maximum atomic E-state index is 6.12. The Hall–Kier alpha value is -0.530. The number of hydrogen-bond donors (Lipinski definition) is 1. The largest absolute Gasteiger partial charge is 0.313 e. The van der Waals surface area contributed by atoms with Crippen molar-refractivity contribution in [2.45, 2.75) is 64.3 Å². The van der Waals surface area contributed by atoms with Gasteiger partial charge in [0.05, 0.1) is 0 Å². The quantitative estimate of drug-likeness (QED) is 0.709. The van der Waals surface area contributed by atoms with E-state index in [0.717, 1.165) is 23.9 Å². The first-order valence-corrected chi connectivity index (χ1v) is 8.65. The van der Waals surface area contributed by atoms with Gasteiger partial charge in [0, 0.05) is 11.1 Å². The molecule has 1 aliphatic carbocycles. The van der Waals surface area contributed by atoms with Crippen LogP contribution < -0.4 is 5.32 Å². The van der Waals surface area contributed by atoms with Crippen molar-refractivity contribution in [3.8, 4) is 0 Å². The minimum atomic E-state index is 0.617. The lowest BCUT2D eigenvalue weighted by molar-refractivity contribution is 0.317. The van der Waals surface area contributed by atoms with E-state index in [1.165, 1.54) is 50.5 Å².